The fraction of sp³-hybridized carbons (Fsp3) is 0.353. The van der Waals surface area contributed by atoms with E-state index >= 15 is 0 Å². The van der Waals surface area contributed by atoms with Gasteiger partial charge in [0.2, 0.25) is 0 Å². The summed E-state index contributed by atoms with van der Waals surface area (Å²) in [6, 6.07) is 0. The number of allylic oxidation sites excluding steroid dienone is 16. The first kappa shape index (κ1) is 33.1. The van der Waals surface area contributed by atoms with Gasteiger partial charge in [-0.1, -0.05) is 91.6 Å². The predicted octanol–water partition coefficient (Wildman–Crippen LogP) is 8.80. The number of rotatable bonds is 12. The van der Waals surface area contributed by atoms with Crippen LogP contribution in [0.5, 0.6) is 0 Å². The highest BCUT2D eigenvalue weighted by molar-refractivity contribution is 9.10. The second-order valence-corrected chi connectivity index (χ2v) is 10.6. The standard InChI is InChI=1S/C20H30BrN5.C14H16/c1-15-10-6-5-7-11-18(15)16(2)25-20-19(21)14-24-26(20)17(3)23-13-9-8-12-22-4;1-3-9-13(4-2)12-14-10-7-5-6-8-11-14/h6-7,10-11,14,17,22-23H,5,8-9,12-13H2,1-4H3;3-9,12H,1-2,10-11H2/b25-16+;13-9-. The Balaban J connectivity index is 0.000000337. The molecule has 2 N–H and O–H groups in total. The van der Waals surface area contributed by atoms with Gasteiger partial charge in [0.25, 0.3) is 0 Å². The zero-order valence-electron chi connectivity index (χ0n) is 24.7. The van der Waals surface area contributed by atoms with E-state index in [4.69, 9.17) is 4.99 Å². The highest BCUT2D eigenvalue weighted by Crippen LogP contribution is 2.29. The maximum atomic E-state index is 4.89. The Morgan fingerprint density at radius 1 is 1.12 bits per heavy atom. The van der Waals surface area contributed by atoms with Crippen molar-refractivity contribution in [2.24, 2.45) is 4.99 Å². The van der Waals surface area contributed by atoms with E-state index in [1.165, 1.54) is 16.7 Å². The summed E-state index contributed by atoms with van der Waals surface area (Å²) in [7, 11) is 1.99. The molecule has 3 rings (SSSR count). The molecule has 0 bridgehead atoms. The molecule has 0 aliphatic heterocycles. The first-order valence-corrected chi connectivity index (χ1v) is 14.9. The molecule has 6 heteroatoms. The van der Waals surface area contributed by atoms with Gasteiger partial charge >= 0.3 is 0 Å². The molecule has 0 saturated carbocycles. The summed E-state index contributed by atoms with van der Waals surface area (Å²) in [5.41, 5.74) is 5.93. The third-order valence-corrected chi connectivity index (χ3v) is 7.02. The molecule has 0 spiro atoms. The van der Waals surface area contributed by atoms with Gasteiger partial charge in [0.1, 0.15) is 6.17 Å². The fourth-order valence-corrected chi connectivity index (χ4v) is 4.61. The monoisotopic (exact) mass is 603 g/mol. The van der Waals surface area contributed by atoms with Crippen LogP contribution in [0.25, 0.3) is 0 Å². The average Bonchev–Trinajstić information content (AvgIpc) is 3.12. The van der Waals surface area contributed by atoms with Gasteiger partial charge in [-0.15, -0.1) is 0 Å². The van der Waals surface area contributed by atoms with Crippen molar-refractivity contribution < 1.29 is 0 Å². The summed E-state index contributed by atoms with van der Waals surface area (Å²) in [5.74, 6) is 0.847. The van der Waals surface area contributed by atoms with Gasteiger partial charge in [-0.3, -0.25) is 5.32 Å². The number of halogens is 1. The largest absolute Gasteiger partial charge is 0.320 e. The minimum absolute atomic E-state index is 0.0853. The maximum absolute atomic E-state index is 4.89. The molecule has 0 radical (unpaired) electrons. The molecular weight excluding hydrogens is 558 g/mol. The van der Waals surface area contributed by atoms with Gasteiger partial charge in [0.05, 0.1) is 10.7 Å². The lowest BCUT2D eigenvalue weighted by Gasteiger charge is -2.16. The molecule has 2 aliphatic carbocycles. The van der Waals surface area contributed by atoms with Crippen LogP contribution < -0.4 is 10.6 Å². The summed E-state index contributed by atoms with van der Waals surface area (Å²) in [6.07, 6.45) is 32.2. The maximum Gasteiger partial charge on any atom is 0.166 e. The van der Waals surface area contributed by atoms with Crippen LogP contribution in [0.1, 0.15) is 59.0 Å². The van der Waals surface area contributed by atoms with Crippen LogP contribution in [0.15, 0.2) is 124 Å². The number of hydrogen-bond donors (Lipinski definition) is 2. The Bertz CT molecular complexity index is 1200. The van der Waals surface area contributed by atoms with E-state index in [1.54, 1.807) is 6.08 Å². The van der Waals surface area contributed by atoms with Gasteiger partial charge in [-0.2, -0.15) is 5.10 Å². The third kappa shape index (κ3) is 11.6. The quantitative estimate of drug-likeness (QED) is 0.142. The smallest absolute Gasteiger partial charge is 0.166 e. The molecule has 2 aliphatic rings. The Kier molecular flexibility index (Phi) is 15.8. The van der Waals surface area contributed by atoms with Crippen LogP contribution in [0.2, 0.25) is 0 Å². The Morgan fingerprint density at radius 3 is 2.50 bits per heavy atom. The first-order valence-electron chi connectivity index (χ1n) is 14.1. The summed E-state index contributed by atoms with van der Waals surface area (Å²) >= 11 is 3.60. The lowest BCUT2D eigenvalue weighted by molar-refractivity contribution is 0.398. The third-order valence-electron chi connectivity index (χ3n) is 6.46. The molecule has 1 aromatic rings. The number of nitrogens with zero attached hydrogens (tertiary/aromatic N) is 3. The Morgan fingerprint density at radius 2 is 1.82 bits per heavy atom. The van der Waals surface area contributed by atoms with Gasteiger partial charge in [0.15, 0.2) is 5.82 Å². The molecule has 214 valence electrons. The second kappa shape index (κ2) is 19.1. The average molecular weight is 605 g/mol. The fourth-order valence-electron chi connectivity index (χ4n) is 4.25. The normalized spacial score (nSPS) is 16.3. The highest BCUT2D eigenvalue weighted by atomic mass is 79.9. The van der Waals surface area contributed by atoms with Crippen molar-refractivity contribution in [3.63, 3.8) is 0 Å². The minimum Gasteiger partial charge on any atom is -0.320 e. The van der Waals surface area contributed by atoms with Crippen LogP contribution >= 0.6 is 15.9 Å². The topological polar surface area (TPSA) is 54.2 Å². The van der Waals surface area contributed by atoms with Crippen LogP contribution in [0.4, 0.5) is 5.82 Å². The summed E-state index contributed by atoms with van der Waals surface area (Å²) in [5, 5.41) is 11.2. The van der Waals surface area contributed by atoms with Crippen molar-refractivity contribution in [3.05, 3.63) is 119 Å². The SMILES string of the molecule is C=C/C=C(/C=C)C=C1CC=CC=CC1.CNCCCCNC(C)n1ncc(Br)c1/N=C(\C)C1=C(C)C=CCC=C1. The van der Waals surface area contributed by atoms with Crippen molar-refractivity contribution in [3.8, 4) is 0 Å². The molecule has 0 fully saturated rings. The van der Waals surface area contributed by atoms with E-state index in [0.29, 0.717) is 0 Å². The zero-order chi connectivity index (χ0) is 29.2. The van der Waals surface area contributed by atoms with E-state index in [9.17, 15) is 0 Å². The molecule has 0 amide bonds. The van der Waals surface area contributed by atoms with Crippen LogP contribution in [0.3, 0.4) is 0 Å². The molecule has 1 unspecified atom stereocenters. The van der Waals surface area contributed by atoms with E-state index < -0.39 is 0 Å². The molecular formula is C34H46BrN5. The summed E-state index contributed by atoms with van der Waals surface area (Å²) < 4.78 is 2.85. The minimum atomic E-state index is 0.0853. The predicted molar refractivity (Wildman–Crippen MR) is 178 cm³/mol. The number of aliphatic imine (C=N–C) groups is 1. The molecule has 1 aromatic heterocycles. The number of unbranched alkanes of at least 4 members (excludes halogenated alkanes) is 1. The number of nitrogens with one attached hydrogen (secondary N) is 2. The van der Waals surface area contributed by atoms with Crippen molar-refractivity contribution in [2.75, 3.05) is 20.1 Å². The number of hydrogen-bond acceptors (Lipinski definition) is 4. The van der Waals surface area contributed by atoms with Gasteiger partial charge in [0, 0.05) is 5.71 Å². The molecule has 1 atom stereocenters. The van der Waals surface area contributed by atoms with Gasteiger partial charge in [-0.25, -0.2) is 9.67 Å². The van der Waals surface area contributed by atoms with Gasteiger partial charge < -0.3 is 5.32 Å². The molecule has 0 saturated heterocycles. The van der Waals surface area contributed by atoms with Gasteiger partial charge in [-0.05, 0) is 106 Å². The van der Waals surface area contributed by atoms with E-state index in [-0.39, 0.29) is 6.17 Å². The second-order valence-electron chi connectivity index (χ2n) is 9.71. The Hall–Kier alpha value is -3.06. The van der Waals surface area contributed by atoms with Crippen molar-refractivity contribution in [1.82, 2.24) is 20.4 Å². The van der Waals surface area contributed by atoms with Crippen LogP contribution in [-0.2, 0) is 0 Å². The molecule has 40 heavy (non-hydrogen) atoms. The molecule has 0 aromatic carbocycles. The summed E-state index contributed by atoms with van der Waals surface area (Å²) in [4.78, 5) is 4.89. The van der Waals surface area contributed by atoms with Crippen LogP contribution in [-0.4, -0.2) is 35.6 Å². The lowest BCUT2D eigenvalue weighted by atomic mass is 10.1. The lowest BCUT2D eigenvalue weighted by Crippen LogP contribution is -2.26. The molecule has 5 nitrogen and oxygen atoms in total. The summed E-state index contributed by atoms with van der Waals surface area (Å²) in [6.45, 7) is 15.8. The van der Waals surface area contributed by atoms with E-state index in [0.717, 1.165) is 66.8 Å². The Labute approximate surface area is 250 Å². The van der Waals surface area contributed by atoms with Crippen molar-refractivity contribution >= 4 is 27.5 Å². The van der Waals surface area contributed by atoms with Crippen molar-refractivity contribution in [2.45, 2.75) is 59.0 Å². The zero-order valence-corrected chi connectivity index (χ0v) is 26.3. The highest BCUT2D eigenvalue weighted by Gasteiger charge is 2.14. The first-order chi connectivity index (χ1) is 19.4. The van der Waals surface area contributed by atoms with Crippen molar-refractivity contribution in [1.29, 1.82) is 0 Å². The van der Waals surface area contributed by atoms with E-state index in [1.807, 2.05) is 30.1 Å². The van der Waals surface area contributed by atoms with E-state index in [2.05, 4.69) is 120 Å². The molecule has 1 heterocycles. The van der Waals surface area contributed by atoms with Crippen LogP contribution in [0, 0.1) is 0 Å². The number of aromatic nitrogens is 2.